The minimum atomic E-state index is -0.0536. The fourth-order valence-electron chi connectivity index (χ4n) is 7.09. The minimum absolute atomic E-state index is 0.0536. The molecule has 0 radical (unpaired) electrons. The fraction of sp³-hybridized carbons (Fsp3) is 0.818. The first-order valence-electron chi connectivity index (χ1n) is 10.5. The van der Waals surface area contributed by atoms with Gasteiger partial charge in [-0.3, -0.25) is 4.79 Å². The third-order valence-electron chi connectivity index (χ3n) is 8.57. The van der Waals surface area contributed by atoms with Gasteiger partial charge in [0, 0.05) is 18.4 Å². The van der Waals surface area contributed by atoms with Gasteiger partial charge in [-0.05, 0) is 74.0 Å². The van der Waals surface area contributed by atoms with Crippen molar-refractivity contribution < 1.29 is 9.63 Å². The van der Waals surface area contributed by atoms with Crippen LogP contribution in [0.3, 0.4) is 0 Å². The first-order valence-corrected chi connectivity index (χ1v) is 10.5. The average molecular weight is 359 g/mol. The van der Waals surface area contributed by atoms with E-state index in [2.05, 4.69) is 25.6 Å². The summed E-state index contributed by atoms with van der Waals surface area (Å²) in [4.78, 5) is 17.9. The van der Waals surface area contributed by atoms with Gasteiger partial charge in [-0.15, -0.1) is 0 Å². The molecule has 0 bridgehead atoms. The monoisotopic (exact) mass is 358 g/mol. The highest BCUT2D eigenvalue weighted by molar-refractivity contribution is 5.87. The lowest BCUT2D eigenvalue weighted by Crippen LogP contribution is -2.54. The van der Waals surface area contributed by atoms with E-state index < -0.39 is 0 Å². The molecule has 4 aliphatic carbocycles. The van der Waals surface area contributed by atoms with Gasteiger partial charge in [0.2, 0.25) is 0 Å². The van der Waals surface area contributed by atoms with Gasteiger partial charge < -0.3 is 10.6 Å². The van der Waals surface area contributed by atoms with E-state index >= 15 is 0 Å². The molecule has 0 aliphatic heterocycles. The smallest absolute Gasteiger partial charge is 0.139 e. The topological polar surface area (TPSA) is 64.7 Å². The molecule has 4 heteroatoms. The second-order valence-electron chi connectivity index (χ2n) is 9.70. The Morgan fingerprint density at radius 3 is 2.77 bits per heavy atom. The molecule has 0 aromatic carbocycles. The van der Waals surface area contributed by atoms with Crippen LogP contribution in [0.25, 0.3) is 0 Å². The summed E-state index contributed by atoms with van der Waals surface area (Å²) in [6.45, 7) is 10.3. The second kappa shape index (κ2) is 6.47. The van der Waals surface area contributed by atoms with Crippen LogP contribution in [0.5, 0.6) is 0 Å². The summed E-state index contributed by atoms with van der Waals surface area (Å²) in [6, 6.07) is 0. The average Bonchev–Trinajstić information content (AvgIpc) is 2.92. The van der Waals surface area contributed by atoms with E-state index in [9.17, 15) is 4.79 Å². The van der Waals surface area contributed by atoms with Gasteiger partial charge in [-0.2, -0.15) is 0 Å². The van der Waals surface area contributed by atoms with Crippen molar-refractivity contribution in [2.24, 2.45) is 45.4 Å². The van der Waals surface area contributed by atoms with Crippen LogP contribution in [-0.2, 0) is 9.63 Å². The van der Waals surface area contributed by atoms with Gasteiger partial charge in [0.1, 0.15) is 12.4 Å². The third-order valence-corrected chi connectivity index (χ3v) is 8.57. The van der Waals surface area contributed by atoms with Gasteiger partial charge in [0.25, 0.3) is 0 Å². The number of fused-ring (bicyclic) bond motifs is 5. The second-order valence-corrected chi connectivity index (χ2v) is 9.70. The van der Waals surface area contributed by atoms with Crippen molar-refractivity contribution in [1.29, 1.82) is 0 Å². The van der Waals surface area contributed by atoms with Crippen LogP contribution in [0.2, 0.25) is 0 Å². The molecule has 4 rings (SSSR count). The summed E-state index contributed by atoms with van der Waals surface area (Å²) in [6.07, 6.45) is 8.48. The molecule has 0 amide bonds. The molecule has 0 spiro atoms. The molecule has 4 aliphatic rings. The molecule has 4 fully saturated rings. The number of oxime groups is 1. The minimum Gasteiger partial charge on any atom is -0.395 e. The fourth-order valence-corrected chi connectivity index (χ4v) is 7.09. The Labute approximate surface area is 157 Å². The summed E-state index contributed by atoms with van der Waals surface area (Å²) in [7, 11) is 0. The lowest BCUT2D eigenvalue weighted by molar-refractivity contribution is -0.134. The summed E-state index contributed by atoms with van der Waals surface area (Å²) >= 11 is 0. The molecule has 0 saturated heterocycles. The largest absolute Gasteiger partial charge is 0.395 e. The molecule has 26 heavy (non-hydrogen) atoms. The predicted molar refractivity (Wildman–Crippen MR) is 104 cm³/mol. The molecule has 0 heterocycles. The van der Waals surface area contributed by atoms with Gasteiger partial charge in [0.05, 0.1) is 5.71 Å². The van der Waals surface area contributed by atoms with Crippen molar-refractivity contribution in [1.82, 2.24) is 0 Å². The molecule has 144 valence electrons. The van der Waals surface area contributed by atoms with E-state index in [0.29, 0.717) is 42.1 Å². The van der Waals surface area contributed by atoms with Gasteiger partial charge in [-0.1, -0.05) is 31.2 Å². The van der Waals surface area contributed by atoms with Crippen molar-refractivity contribution >= 4 is 11.5 Å². The number of ketones is 1. The Kier molecular flexibility index (Phi) is 4.53. The number of nitrogens with two attached hydrogens (primary N) is 1. The Morgan fingerprint density at radius 1 is 1.19 bits per heavy atom. The quantitative estimate of drug-likeness (QED) is 0.469. The molecular weight excluding hydrogens is 324 g/mol. The van der Waals surface area contributed by atoms with Crippen LogP contribution in [-0.4, -0.2) is 24.6 Å². The van der Waals surface area contributed by atoms with Gasteiger partial charge in [-0.25, -0.2) is 0 Å². The summed E-state index contributed by atoms with van der Waals surface area (Å²) < 4.78 is 0. The van der Waals surface area contributed by atoms with E-state index in [1.807, 2.05) is 0 Å². The van der Waals surface area contributed by atoms with Crippen LogP contribution in [0.1, 0.15) is 65.2 Å². The Morgan fingerprint density at radius 2 is 2.00 bits per heavy atom. The van der Waals surface area contributed by atoms with Crippen LogP contribution >= 0.6 is 0 Å². The van der Waals surface area contributed by atoms with E-state index in [4.69, 9.17) is 10.6 Å². The standard InChI is InChI=1S/C22H34N2O2/c1-14-12-16-17-4-5-20(25)22(17,3)9-7-18(16)21(2)8-6-15(13-19(14)21)24-26-11-10-23/h16-19H,1,4-13,23H2,2-3H3/b24-15+/t16-,17-,18-,19+,21+,22-/m0/s1. The number of hydrogen-bond donors (Lipinski definition) is 1. The normalized spacial score (nSPS) is 46.7. The van der Waals surface area contributed by atoms with Gasteiger partial charge in [0.15, 0.2) is 0 Å². The number of Topliss-reactive ketones (excluding diaryl/α,β-unsaturated/α-hetero) is 1. The first-order chi connectivity index (χ1) is 12.4. The highest BCUT2D eigenvalue weighted by Gasteiger charge is 2.60. The van der Waals surface area contributed by atoms with Gasteiger partial charge >= 0.3 is 0 Å². The Bertz CT molecular complexity index is 642. The molecule has 0 aromatic heterocycles. The Balaban J connectivity index is 1.57. The third kappa shape index (κ3) is 2.59. The maximum Gasteiger partial charge on any atom is 0.139 e. The van der Waals surface area contributed by atoms with Crippen LogP contribution in [0.4, 0.5) is 0 Å². The lowest BCUT2D eigenvalue weighted by atomic mass is 9.44. The molecule has 4 nitrogen and oxygen atoms in total. The van der Waals surface area contributed by atoms with Crippen molar-refractivity contribution in [2.75, 3.05) is 13.2 Å². The summed E-state index contributed by atoms with van der Waals surface area (Å²) in [5.74, 6) is 2.99. The predicted octanol–water partition coefficient (Wildman–Crippen LogP) is 4.10. The maximum atomic E-state index is 12.6. The zero-order chi connectivity index (χ0) is 18.5. The number of carbonyl (C=O) groups excluding carboxylic acids is 1. The van der Waals surface area contributed by atoms with Crippen LogP contribution < -0.4 is 5.73 Å². The van der Waals surface area contributed by atoms with Crippen molar-refractivity contribution in [3.63, 3.8) is 0 Å². The van der Waals surface area contributed by atoms with Crippen molar-refractivity contribution in [2.45, 2.75) is 65.2 Å². The highest BCUT2D eigenvalue weighted by atomic mass is 16.6. The van der Waals surface area contributed by atoms with Crippen LogP contribution in [0, 0.1) is 34.5 Å². The first kappa shape index (κ1) is 18.2. The maximum absolute atomic E-state index is 12.6. The molecule has 6 atom stereocenters. The molecule has 4 saturated carbocycles. The highest BCUT2D eigenvalue weighted by Crippen LogP contribution is 2.66. The zero-order valence-electron chi connectivity index (χ0n) is 16.4. The van der Waals surface area contributed by atoms with Crippen molar-refractivity contribution in [3.05, 3.63) is 12.2 Å². The van der Waals surface area contributed by atoms with E-state index in [1.54, 1.807) is 0 Å². The molecular formula is C22H34N2O2. The zero-order valence-corrected chi connectivity index (χ0v) is 16.4. The molecule has 2 N–H and O–H groups in total. The SMILES string of the molecule is C=C1C[C@@H]2[C@H](CC[C@]3(C)C(=O)CC[C@@H]23)[C@@]2(C)CC/C(=N\OCCN)C[C@H]12. The number of rotatable bonds is 3. The van der Waals surface area contributed by atoms with E-state index in [0.717, 1.165) is 44.4 Å². The van der Waals surface area contributed by atoms with E-state index in [-0.39, 0.29) is 5.41 Å². The number of hydrogen-bond acceptors (Lipinski definition) is 4. The Hall–Kier alpha value is -1.16. The van der Waals surface area contributed by atoms with Crippen LogP contribution in [0.15, 0.2) is 17.3 Å². The molecule has 0 unspecified atom stereocenters. The summed E-state index contributed by atoms with van der Waals surface area (Å²) in [5, 5.41) is 4.36. The number of carbonyl (C=O) groups is 1. The lowest BCUT2D eigenvalue weighted by Gasteiger charge is -2.60. The van der Waals surface area contributed by atoms with E-state index in [1.165, 1.54) is 24.1 Å². The summed E-state index contributed by atoms with van der Waals surface area (Å²) in [5.41, 5.74) is 8.32. The number of nitrogens with zero attached hydrogens (tertiary/aromatic N) is 1. The number of allylic oxidation sites excluding steroid dienone is 1. The van der Waals surface area contributed by atoms with Crippen molar-refractivity contribution in [3.8, 4) is 0 Å². The molecule has 0 aromatic rings.